The molecule has 154 valence electrons. The van der Waals surface area contributed by atoms with Gasteiger partial charge in [0.25, 0.3) is 0 Å². The van der Waals surface area contributed by atoms with E-state index < -0.39 is 64.5 Å². The van der Waals surface area contributed by atoms with Crippen molar-refractivity contribution in [2.45, 2.75) is 64.5 Å². The van der Waals surface area contributed by atoms with Gasteiger partial charge in [-0.3, -0.25) is 23.4 Å². The minimum atomic E-state index is -1.63. The van der Waals surface area contributed by atoms with Crippen molar-refractivity contribution < 1.29 is 47.1 Å². The predicted octanol–water partition coefficient (Wildman–Crippen LogP) is -0.162. The van der Waals surface area contributed by atoms with Crippen LogP contribution in [0.4, 0.5) is 0 Å². The van der Waals surface area contributed by atoms with Crippen molar-refractivity contribution in [3.05, 3.63) is 0 Å². The van der Waals surface area contributed by atoms with Crippen LogP contribution in [0.25, 0.3) is 0 Å². The highest BCUT2D eigenvalue weighted by Gasteiger charge is 2.53. The first-order valence-corrected chi connectivity index (χ1v) is 9.62. The molecule has 0 aromatic carbocycles. The molecule has 0 radical (unpaired) electrons. The molecule has 1 aliphatic rings. The summed E-state index contributed by atoms with van der Waals surface area (Å²) in [7, 11) is -1.63. The van der Waals surface area contributed by atoms with Crippen LogP contribution in [-0.4, -0.2) is 70.3 Å². The van der Waals surface area contributed by atoms with Gasteiger partial charge in [0, 0.05) is 33.4 Å². The van der Waals surface area contributed by atoms with Crippen LogP contribution in [0.15, 0.2) is 0 Å². The van der Waals surface area contributed by atoms with Crippen LogP contribution in [0.5, 0.6) is 0 Å². The molecule has 1 fully saturated rings. The lowest BCUT2D eigenvalue weighted by molar-refractivity contribution is -0.238. The van der Waals surface area contributed by atoms with Crippen molar-refractivity contribution in [3.63, 3.8) is 0 Å². The van der Waals surface area contributed by atoms with E-state index >= 15 is 0 Å². The number of hydrogen-bond donors (Lipinski definition) is 0. The van der Waals surface area contributed by atoms with Crippen molar-refractivity contribution >= 4 is 34.7 Å². The fourth-order valence-corrected chi connectivity index (χ4v) is 3.67. The van der Waals surface area contributed by atoms with Gasteiger partial charge < -0.3 is 23.7 Å². The molecule has 1 heterocycles. The van der Waals surface area contributed by atoms with Gasteiger partial charge in [-0.05, 0) is 0 Å². The topological polar surface area (TPSA) is 132 Å². The van der Waals surface area contributed by atoms with Crippen LogP contribution in [-0.2, 0) is 53.7 Å². The molecule has 0 saturated carbocycles. The van der Waals surface area contributed by atoms with Gasteiger partial charge in [-0.25, -0.2) is 0 Å². The standard InChI is InChI=1S/C16H24O10S/c1-6-27(21)16-15(25-11(5)20)14(24-10(4)19)13(23-9(3)18)12(26-16)7-22-8(2)17/h12-16H,6-7H2,1-5H3/t12-,13-,14+,15-,16-,27?/m1/s1. The first-order chi connectivity index (χ1) is 12.6. The van der Waals surface area contributed by atoms with Gasteiger partial charge in [0.1, 0.15) is 12.7 Å². The summed E-state index contributed by atoms with van der Waals surface area (Å²) in [6.07, 6.45) is -4.87. The van der Waals surface area contributed by atoms with E-state index in [0.29, 0.717) is 0 Å². The van der Waals surface area contributed by atoms with Gasteiger partial charge in [-0.2, -0.15) is 0 Å². The predicted molar refractivity (Wildman–Crippen MR) is 90.6 cm³/mol. The number of carbonyl (C=O) groups is 4. The van der Waals surface area contributed by atoms with E-state index in [0.717, 1.165) is 20.8 Å². The Kier molecular flexibility index (Phi) is 8.83. The number of carbonyl (C=O) groups excluding carboxylic acids is 4. The summed E-state index contributed by atoms with van der Waals surface area (Å²) >= 11 is 0. The normalized spacial score (nSPS) is 28.6. The smallest absolute Gasteiger partial charge is 0.303 e. The van der Waals surface area contributed by atoms with Gasteiger partial charge in [0.2, 0.25) is 0 Å². The maximum absolute atomic E-state index is 12.4. The molecule has 0 N–H and O–H groups in total. The summed E-state index contributed by atoms with van der Waals surface area (Å²) in [5.74, 6) is -2.62. The molecule has 1 unspecified atom stereocenters. The molecule has 6 atom stereocenters. The molecule has 10 nitrogen and oxygen atoms in total. The Morgan fingerprint density at radius 3 is 1.74 bits per heavy atom. The SMILES string of the molecule is CCS(=O)[C@H]1O[C@H](COC(C)=O)[C@@H](OC(C)=O)[C@H](OC(C)=O)[C@H]1OC(C)=O. The number of rotatable bonds is 7. The van der Waals surface area contributed by atoms with E-state index in [1.54, 1.807) is 6.92 Å². The van der Waals surface area contributed by atoms with Crippen molar-refractivity contribution in [1.29, 1.82) is 0 Å². The zero-order valence-corrected chi connectivity index (χ0v) is 16.6. The second-order valence-electron chi connectivity index (χ2n) is 5.74. The third-order valence-corrected chi connectivity index (χ3v) is 4.96. The fourth-order valence-electron chi connectivity index (χ4n) is 2.56. The molecule has 0 aromatic rings. The quantitative estimate of drug-likeness (QED) is 0.413. The highest BCUT2D eigenvalue weighted by atomic mass is 32.2. The molecule has 27 heavy (non-hydrogen) atoms. The minimum absolute atomic E-state index is 0.160. The van der Waals surface area contributed by atoms with Crippen molar-refractivity contribution in [2.75, 3.05) is 12.4 Å². The van der Waals surface area contributed by atoms with Crippen LogP contribution in [0, 0.1) is 0 Å². The summed E-state index contributed by atoms with van der Waals surface area (Å²) in [6, 6.07) is 0. The van der Waals surface area contributed by atoms with Gasteiger partial charge in [-0.1, -0.05) is 6.92 Å². The molecular weight excluding hydrogens is 384 g/mol. The van der Waals surface area contributed by atoms with Crippen molar-refractivity contribution in [3.8, 4) is 0 Å². The van der Waals surface area contributed by atoms with Crippen LogP contribution < -0.4 is 0 Å². The summed E-state index contributed by atoms with van der Waals surface area (Å²) in [5, 5.41) is 0. The Bertz CT molecular complexity index is 604. The molecule has 0 spiro atoms. The van der Waals surface area contributed by atoms with Gasteiger partial charge >= 0.3 is 23.9 Å². The van der Waals surface area contributed by atoms with Crippen LogP contribution >= 0.6 is 0 Å². The molecule has 1 saturated heterocycles. The average molecular weight is 408 g/mol. The lowest BCUT2D eigenvalue weighted by Crippen LogP contribution is -2.63. The Balaban J connectivity index is 3.33. The molecule has 0 amide bonds. The monoisotopic (exact) mass is 408 g/mol. The van der Waals surface area contributed by atoms with Crippen molar-refractivity contribution in [2.24, 2.45) is 0 Å². The molecular formula is C16H24O10S. The van der Waals surface area contributed by atoms with Gasteiger partial charge in [0.15, 0.2) is 23.7 Å². The first kappa shape index (κ1) is 23.0. The minimum Gasteiger partial charge on any atom is -0.463 e. The van der Waals surface area contributed by atoms with E-state index in [2.05, 4.69) is 0 Å². The molecule has 0 aromatic heterocycles. The van der Waals surface area contributed by atoms with Gasteiger partial charge in [0.05, 0.1) is 10.8 Å². The Labute approximate surface area is 159 Å². The molecule has 1 aliphatic heterocycles. The molecule has 0 aliphatic carbocycles. The summed E-state index contributed by atoms with van der Waals surface area (Å²) in [5.41, 5.74) is -1.17. The van der Waals surface area contributed by atoms with Crippen LogP contribution in [0.1, 0.15) is 34.6 Å². The van der Waals surface area contributed by atoms with E-state index in [1.807, 2.05) is 0 Å². The second-order valence-corrected chi connectivity index (χ2v) is 7.54. The van der Waals surface area contributed by atoms with Crippen LogP contribution in [0.3, 0.4) is 0 Å². The third-order valence-electron chi connectivity index (χ3n) is 3.49. The lowest BCUT2D eigenvalue weighted by Gasteiger charge is -2.43. The largest absolute Gasteiger partial charge is 0.463 e. The van der Waals surface area contributed by atoms with E-state index in [-0.39, 0.29) is 12.4 Å². The molecule has 0 bridgehead atoms. The van der Waals surface area contributed by atoms with E-state index in [9.17, 15) is 23.4 Å². The second kappa shape index (κ2) is 10.4. The average Bonchev–Trinajstić information content (AvgIpc) is 2.54. The lowest BCUT2D eigenvalue weighted by atomic mass is 9.99. The third kappa shape index (κ3) is 6.90. The summed E-state index contributed by atoms with van der Waals surface area (Å²) in [4.78, 5) is 45.8. The van der Waals surface area contributed by atoms with E-state index in [1.165, 1.54) is 6.92 Å². The first-order valence-electron chi connectivity index (χ1n) is 8.24. The summed E-state index contributed by atoms with van der Waals surface area (Å²) in [6.45, 7) is 5.85. The Hall–Kier alpha value is -2.01. The zero-order valence-electron chi connectivity index (χ0n) is 15.8. The Morgan fingerprint density at radius 1 is 0.815 bits per heavy atom. The molecule has 1 rings (SSSR count). The molecule has 11 heteroatoms. The highest BCUT2D eigenvalue weighted by Crippen LogP contribution is 2.30. The Morgan fingerprint density at radius 2 is 1.30 bits per heavy atom. The van der Waals surface area contributed by atoms with Crippen molar-refractivity contribution in [1.82, 2.24) is 0 Å². The number of esters is 4. The fraction of sp³-hybridized carbons (Fsp3) is 0.750. The highest BCUT2D eigenvalue weighted by molar-refractivity contribution is 7.85. The zero-order chi connectivity index (χ0) is 20.7. The number of hydrogen-bond acceptors (Lipinski definition) is 10. The summed E-state index contributed by atoms with van der Waals surface area (Å²) < 4.78 is 38.7. The number of ether oxygens (including phenoxy) is 5. The maximum Gasteiger partial charge on any atom is 0.303 e. The van der Waals surface area contributed by atoms with Crippen LogP contribution in [0.2, 0.25) is 0 Å². The van der Waals surface area contributed by atoms with E-state index in [4.69, 9.17) is 23.7 Å². The maximum atomic E-state index is 12.4. The van der Waals surface area contributed by atoms with Gasteiger partial charge in [-0.15, -0.1) is 0 Å².